The lowest BCUT2D eigenvalue weighted by atomic mass is 10.3. The van der Waals surface area contributed by atoms with Gasteiger partial charge in [0.05, 0.1) is 0 Å². The van der Waals surface area contributed by atoms with Gasteiger partial charge in [-0.2, -0.15) is 0 Å². The van der Waals surface area contributed by atoms with Gasteiger partial charge >= 0.3 is 0 Å². The van der Waals surface area contributed by atoms with Gasteiger partial charge in [0, 0.05) is 26.2 Å². The fraction of sp³-hybridized carbons (Fsp3) is 0.333. The Balaban J connectivity index is 4.86. The maximum atomic E-state index is 5.63. The summed E-state index contributed by atoms with van der Waals surface area (Å²) in [6, 6.07) is 0. The molecule has 0 saturated heterocycles. The fourth-order valence-corrected chi connectivity index (χ4v) is 1.65. The van der Waals surface area contributed by atoms with Crippen LogP contribution in [0, 0.1) is 12.3 Å². The SMILES string of the molecule is C#CC(N(CC=C)CC=C)N(CC=C)CC=C. The average molecular weight is 230 g/mol. The molecular weight excluding hydrogens is 208 g/mol. The van der Waals surface area contributed by atoms with E-state index in [1.165, 1.54) is 0 Å². The summed E-state index contributed by atoms with van der Waals surface area (Å²) in [4.78, 5) is 4.24. The summed E-state index contributed by atoms with van der Waals surface area (Å²) in [6.45, 7) is 17.9. The van der Waals surface area contributed by atoms with Crippen LogP contribution in [0.15, 0.2) is 50.6 Å². The summed E-state index contributed by atoms with van der Waals surface area (Å²) in [7, 11) is 0. The van der Waals surface area contributed by atoms with Gasteiger partial charge in [-0.1, -0.05) is 30.2 Å². The topological polar surface area (TPSA) is 6.48 Å². The third-order valence-corrected chi connectivity index (χ3v) is 2.30. The van der Waals surface area contributed by atoms with Crippen molar-refractivity contribution in [2.45, 2.75) is 6.17 Å². The van der Waals surface area contributed by atoms with Gasteiger partial charge in [0.2, 0.25) is 0 Å². The lowest BCUT2D eigenvalue weighted by molar-refractivity contribution is 0.123. The molecule has 0 spiro atoms. The summed E-state index contributed by atoms with van der Waals surface area (Å²) < 4.78 is 0. The molecule has 2 heteroatoms. The van der Waals surface area contributed by atoms with E-state index in [2.05, 4.69) is 42.0 Å². The molecule has 92 valence electrons. The third kappa shape index (κ3) is 5.35. The molecule has 0 aliphatic carbocycles. The molecule has 0 bridgehead atoms. The van der Waals surface area contributed by atoms with E-state index < -0.39 is 0 Å². The molecule has 0 fully saturated rings. The summed E-state index contributed by atoms with van der Waals surface area (Å²) in [5, 5.41) is 0. The van der Waals surface area contributed by atoms with Gasteiger partial charge in [-0.05, 0) is 0 Å². The van der Waals surface area contributed by atoms with Crippen LogP contribution in [0.25, 0.3) is 0 Å². The van der Waals surface area contributed by atoms with Gasteiger partial charge in [0.15, 0.2) is 0 Å². The second-order valence-electron chi connectivity index (χ2n) is 3.60. The molecule has 0 unspecified atom stereocenters. The number of rotatable bonds is 10. The zero-order valence-corrected chi connectivity index (χ0v) is 10.5. The van der Waals surface area contributed by atoms with Crippen molar-refractivity contribution < 1.29 is 0 Å². The van der Waals surface area contributed by atoms with Crippen LogP contribution in [0.4, 0.5) is 0 Å². The first kappa shape index (κ1) is 15.4. The maximum absolute atomic E-state index is 5.63. The zero-order chi connectivity index (χ0) is 13.1. The van der Waals surface area contributed by atoms with Crippen molar-refractivity contribution in [3.63, 3.8) is 0 Å². The second-order valence-corrected chi connectivity index (χ2v) is 3.60. The van der Waals surface area contributed by atoms with Crippen molar-refractivity contribution in [1.82, 2.24) is 9.80 Å². The Bertz CT molecular complexity index is 255. The van der Waals surface area contributed by atoms with E-state index in [1.54, 1.807) is 0 Å². The van der Waals surface area contributed by atoms with Gasteiger partial charge < -0.3 is 0 Å². The normalized spacial score (nSPS) is 10.2. The first-order chi connectivity index (χ1) is 8.24. The summed E-state index contributed by atoms with van der Waals surface area (Å²) in [5.41, 5.74) is 0. The minimum Gasteiger partial charge on any atom is -0.270 e. The van der Waals surface area contributed by atoms with Crippen molar-refractivity contribution in [2.24, 2.45) is 0 Å². The van der Waals surface area contributed by atoms with Crippen LogP contribution >= 0.6 is 0 Å². The van der Waals surface area contributed by atoms with Gasteiger partial charge in [-0.15, -0.1) is 32.7 Å². The minimum absolute atomic E-state index is 0.0954. The molecular formula is C15H22N2. The van der Waals surface area contributed by atoms with Crippen LogP contribution < -0.4 is 0 Å². The lowest BCUT2D eigenvalue weighted by Gasteiger charge is -2.34. The lowest BCUT2D eigenvalue weighted by Crippen LogP contribution is -2.48. The Labute approximate surface area is 106 Å². The predicted molar refractivity (Wildman–Crippen MR) is 76.6 cm³/mol. The van der Waals surface area contributed by atoms with Crippen LogP contribution in [0.1, 0.15) is 0 Å². The second kappa shape index (κ2) is 9.65. The zero-order valence-electron chi connectivity index (χ0n) is 10.5. The fourth-order valence-electron chi connectivity index (χ4n) is 1.65. The number of hydrogen-bond donors (Lipinski definition) is 0. The molecule has 0 radical (unpaired) electrons. The van der Waals surface area contributed by atoms with Gasteiger partial charge in [-0.3, -0.25) is 9.80 Å². The van der Waals surface area contributed by atoms with Crippen molar-refractivity contribution in [3.05, 3.63) is 50.6 Å². The first-order valence-electron chi connectivity index (χ1n) is 5.62. The van der Waals surface area contributed by atoms with Gasteiger partial charge in [0.1, 0.15) is 6.17 Å². The van der Waals surface area contributed by atoms with E-state index >= 15 is 0 Å². The van der Waals surface area contributed by atoms with Crippen molar-refractivity contribution in [1.29, 1.82) is 0 Å². The molecule has 0 aliphatic rings. The summed E-state index contributed by atoms with van der Waals surface area (Å²) >= 11 is 0. The quantitative estimate of drug-likeness (QED) is 0.323. The first-order valence-corrected chi connectivity index (χ1v) is 5.62. The van der Waals surface area contributed by atoms with Crippen molar-refractivity contribution >= 4 is 0 Å². The molecule has 0 amide bonds. The Morgan fingerprint density at radius 1 is 0.824 bits per heavy atom. The Morgan fingerprint density at radius 2 is 1.12 bits per heavy atom. The molecule has 2 nitrogen and oxygen atoms in total. The Hall–Kier alpha value is -1.56. The van der Waals surface area contributed by atoms with E-state index in [1.807, 2.05) is 24.3 Å². The van der Waals surface area contributed by atoms with Crippen molar-refractivity contribution in [3.8, 4) is 12.3 Å². The molecule has 0 N–H and O–H groups in total. The van der Waals surface area contributed by atoms with Crippen LogP contribution in [-0.4, -0.2) is 42.1 Å². The standard InChI is InChI=1S/C15H22N2/c1-6-11-16(12-7-2)15(10-5)17(13-8-3)14-9-4/h5-9,15H,1-4,11-14H2. The predicted octanol–water partition coefficient (Wildman–Crippen LogP) is 2.29. The van der Waals surface area contributed by atoms with E-state index in [0.29, 0.717) is 0 Å². The highest BCUT2D eigenvalue weighted by atomic mass is 15.3. The number of nitrogens with zero attached hydrogens (tertiary/aromatic N) is 2. The van der Waals surface area contributed by atoms with E-state index in [9.17, 15) is 0 Å². The number of hydrogen-bond acceptors (Lipinski definition) is 2. The highest BCUT2D eigenvalue weighted by Crippen LogP contribution is 2.06. The molecule has 0 rings (SSSR count). The average Bonchev–Trinajstić information content (AvgIpc) is 2.31. The molecule has 0 saturated carbocycles. The van der Waals surface area contributed by atoms with Gasteiger partial charge in [-0.25, -0.2) is 0 Å². The molecule has 0 heterocycles. The summed E-state index contributed by atoms with van der Waals surface area (Å²) in [5.74, 6) is 2.80. The molecule has 0 aromatic carbocycles. The Morgan fingerprint density at radius 3 is 1.29 bits per heavy atom. The van der Waals surface area contributed by atoms with Crippen LogP contribution in [0.5, 0.6) is 0 Å². The minimum atomic E-state index is -0.0954. The molecule has 0 aliphatic heterocycles. The largest absolute Gasteiger partial charge is 0.270 e. The van der Waals surface area contributed by atoms with E-state index in [0.717, 1.165) is 26.2 Å². The molecule has 0 atom stereocenters. The van der Waals surface area contributed by atoms with Crippen LogP contribution in [0.2, 0.25) is 0 Å². The summed E-state index contributed by atoms with van der Waals surface area (Å²) in [6.07, 6.45) is 12.9. The molecule has 17 heavy (non-hydrogen) atoms. The van der Waals surface area contributed by atoms with E-state index in [4.69, 9.17) is 6.42 Å². The van der Waals surface area contributed by atoms with Crippen LogP contribution in [-0.2, 0) is 0 Å². The van der Waals surface area contributed by atoms with Crippen molar-refractivity contribution in [2.75, 3.05) is 26.2 Å². The highest BCUT2D eigenvalue weighted by Gasteiger charge is 2.19. The van der Waals surface area contributed by atoms with Crippen LogP contribution in [0.3, 0.4) is 0 Å². The van der Waals surface area contributed by atoms with E-state index in [-0.39, 0.29) is 6.17 Å². The number of terminal acetylenes is 1. The maximum Gasteiger partial charge on any atom is 0.127 e. The third-order valence-electron chi connectivity index (χ3n) is 2.30. The monoisotopic (exact) mass is 230 g/mol. The highest BCUT2D eigenvalue weighted by molar-refractivity contribution is 5.04. The van der Waals surface area contributed by atoms with Gasteiger partial charge in [0.25, 0.3) is 0 Å². The molecule has 0 aromatic heterocycles. The smallest absolute Gasteiger partial charge is 0.127 e. The Kier molecular flexibility index (Phi) is 8.77. The molecule has 0 aromatic rings.